The van der Waals surface area contributed by atoms with E-state index in [2.05, 4.69) is 15.5 Å². The SMILES string of the molecule is O=C(NCCO)c1nc(CC(=O)N2CCOCC2)no1. The summed E-state index contributed by atoms with van der Waals surface area (Å²) in [6.07, 6.45) is -0.0171. The number of ether oxygens (including phenoxy) is 1. The van der Waals surface area contributed by atoms with E-state index in [1.165, 1.54) is 0 Å². The first-order valence-corrected chi connectivity index (χ1v) is 6.28. The number of rotatable bonds is 5. The zero-order valence-electron chi connectivity index (χ0n) is 10.9. The molecule has 1 saturated heterocycles. The Morgan fingerprint density at radius 3 is 2.80 bits per heavy atom. The second-order valence-corrected chi connectivity index (χ2v) is 4.17. The molecule has 0 aliphatic carbocycles. The highest BCUT2D eigenvalue weighted by molar-refractivity contribution is 5.89. The number of carbonyl (C=O) groups excluding carboxylic acids is 2. The van der Waals surface area contributed by atoms with Crippen molar-refractivity contribution in [2.24, 2.45) is 0 Å². The zero-order valence-corrected chi connectivity index (χ0v) is 10.9. The number of nitrogens with zero attached hydrogens (tertiary/aromatic N) is 3. The first-order chi connectivity index (χ1) is 9.70. The summed E-state index contributed by atoms with van der Waals surface area (Å²) in [6, 6.07) is 0. The van der Waals surface area contributed by atoms with Crippen molar-refractivity contribution in [1.82, 2.24) is 20.4 Å². The predicted molar refractivity (Wildman–Crippen MR) is 64.8 cm³/mol. The van der Waals surface area contributed by atoms with Crippen LogP contribution in [0.2, 0.25) is 0 Å². The van der Waals surface area contributed by atoms with Gasteiger partial charge in [0.1, 0.15) is 0 Å². The molecule has 2 rings (SSSR count). The van der Waals surface area contributed by atoms with Gasteiger partial charge in [0.05, 0.1) is 26.2 Å². The number of carbonyl (C=O) groups is 2. The van der Waals surface area contributed by atoms with Crippen molar-refractivity contribution < 1.29 is 24.0 Å². The van der Waals surface area contributed by atoms with Gasteiger partial charge in [-0.15, -0.1) is 0 Å². The monoisotopic (exact) mass is 284 g/mol. The van der Waals surface area contributed by atoms with Gasteiger partial charge in [-0.05, 0) is 0 Å². The van der Waals surface area contributed by atoms with Crippen molar-refractivity contribution in [3.8, 4) is 0 Å². The van der Waals surface area contributed by atoms with E-state index >= 15 is 0 Å². The van der Waals surface area contributed by atoms with E-state index < -0.39 is 5.91 Å². The Morgan fingerprint density at radius 1 is 1.35 bits per heavy atom. The molecule has 1 aliphatic heterocycles. The fraction of sp³-hybridized carbons (Fsp3) is 0.636. The average molecular weight is 284 g/mol. The second-order valence-electron chi connectivity index (χ2n) is 4.17. The molecule has 110 valence electrons. The smallest absolute Gasteiger partial charge is 0.315 e. The third-order valence-corrected chi connectivity index (χ3v) is 2.73. The minimum absolute atomic E-state index is 0.0171. The van der Waals surface area contributed by atoms with E-state index in [9.17, 15) is 9.59 Å². The van der Waals surface area contributed by atoms with Crippen LogP contribution in [0, 0.1) is 0 Å². The first kappa shape index (κ1) is 14.4. The van der Waals surface area contributed by atoms with Gasteiger partial charge >= 0.3 is 11.8 Å². The Kier molecular flexibility index (Phi) is 5.02. The Balaban J connectivity index is 1.88. The lowest BCUT2D eigenvalue weighted by molar-refractivity contribution is -0.134. The molecule has 0 unspecified atom stereocenters. The van der Waals surface area contributed by atoms with E-state index in [4.69, 9.17) is 14.4 Å². The van der Waals surface area contributed by atoms with Gasteiger partial charge in [0.15, 0.2) is 5.82 Å². The lowest BCUT2D eigenvalue weighted by Gasteiger charge is -2.26. The van der Waals surface area contributed by atoms with Gasteiger partial charge in [-0.25, -0.2) is 0 Å². The molecule has 20 heavy (non-hydrogen) atoms. The average Bonchev–Trinajstić information content (AvgIpc) is 2.94. The Labute approximate surface area is 114 Å². The van der Waals surface area contributed by atoms with Crippen molar-refractivity contribution in [3.05, 3.63) is 11.7 Å². The van der Waals surface area contributed by atoms with Crippen LogP contribution >= 0.6 is 0 Å². The molecule has 9 nitrogen and oxygen atoms in total. The molecule has 0 saturated carbocycles. The fourth-order valence-electron chi connectivity index (χ4n) is 1.72. The minimum Gasteiger partial charge on any atom is -0.395 e. The highest BCUT2D eigenvalue weighted by Crippen LogP contribution is 2.03. The number of hydrogen-bond donors (Lipinski definition) is 2. The van der Waals surface area contributed by atoms with Gasteiger partial charge in [-0.3, -0.25) is 9.59 Å². The van der Waals surface area contributed by atoms with Gasteiger partial charge in [-0.2, -0.15) is 4.98 Å². The zero-order chi connectivity index (χ0) is 14.4. The largest absolute Gasteiger partial charge is 0.395 e. The summed E-state index contributed by atoms with van der Waals surface area (Å²) in [4.78, 5) is 28.9. The summed E-state index contributed by atoms with van der Waals surface area (Å²) in [7, 11) is 0. The molecule has 1 fully saturated rings. The van der Waals surface area contributed by atoms with Crippen LogP contribution in [0.1, 0.15) is 16.5 Å². The first-order valence-electron chi connectivity index (χ1n) is 6.28. The molecule has 0 aromatic carbocycles. The molecule has 2 N–H and O–H groups in total. The molecule has 0 radical (unpaired) electrons. The molecule has 0 spiro atoms. The van der Waals surface area contributed by atoms with Crippen LogP contribution in [-0.4, -0.2) is 71.4 Å². The molecule has 2 amide bonds. The molecule has 1 aromatic heterocycles. The second kappa shape index (κ2) is 6.96. The normalized spacial score (nSPS) is 15.2. The number of aromatic nitrogens is 2. The van der Waals surface area contributed by atoms with Crippen LogP contribution in [0.5, 0.6) is 0 Å². The number of amides is 2. The van der Waals surface area contributed by atoms with Gasteiger partial charge in [-0.1, -0.05) is 5.16 Å². The van der Waals surface area contributed by atoms with E-state index in [1.807, 2.05) is 0 Å². The van der Waals surface area contributed by atoms with Crippen LogP contribution in [0.3, 0.4) is 0 Å². The third kappa shape index (κ3) is 3.75. The lowest BCUT2D eigenvalue weighted by atomic mass is 10.3. The topological polar surface area (TPSA) is 118 Å². The molecule has 1 aliphatic rings. The molecule has 1 aromatic rings. The summed E-state index contributed by atoms with van der Waals surface area (Å²) in [5.74, 6) is -0.757. The fourth-order valence-corrected chi connectivity index (χ4v) is 1.72. The maximum atomic E-state index is 11.9. The highest BCUT2D eigenvalue weighted by atomic mass is 16.5. The van der Waals surface area contributed by atoms with Crippen molar-refractivity contribution in [2.75, 3.05) is 39.5 Å². The number of morpholine rings is 1. The Hall–Kier alpha value is -2.00. The van der Waals surface area contributed by atoms with Crippen molar-refractivity contribution >= 4 is 11.8 Å². The van der Waals surface area contributed by atoms with Gasteiger partial charge in [0.2, 0.25) is 5.91 Å². The van der Waals surface area contributed by atoms with Crippen molar-refractivity contribution in [2.45, 2.75) is 6.42 Å². The van der Waals surface area contributed by atoms with Crippen LogP contribution in [0.15, 0.2) is 4.52 Å². The standard InChI is InChI=1S/C11H16N4O5/c16-4-1-12-10(18)11-13-8(14-20-11)7-9(17)15-2-5-19-6-3-15/h16H,1-7H2,(H,12,18). The summed E-state index contributed by atoms with van der Waals surface area (Å²) < 4.78 is 9.92. The van der Waals surface area contributed by atoms with E-state index in [0.717, 1.165) is 0 Å². The quantitative estimate of drug-likeness (QED) is 0.654. The summed E-state index contributed by atoms with van der Waals surface area (Å²) in [6.45, 7) is 2.05. The molecular weight excluding hydrogens is 268 g/mol. The lowest BCUT2D eigenvalue weighted by Crippen LogP contribution is -2.41. The van der Waals surface area contributed by atoms with E-state index in [1.54, 1.807) is 4.90 Å². The van der Waals surface area contributed by atoms with Gasteiger partial charge in [0, 0.05) is 19.6 Å². The van der Waals surface area contributed by atoms with Gasteiger partial charge < -0.3 is 24.6 Å². The summed E-state index contributed by atoms with van der Waals surface area (Å²) in [5.41, 5.74) is 0. The van der Waals surface area contributed by atoms with E-state index in [-0.39, 0.29) is 37.2 Å². The maximum Gasteiger partial charge on any atom is 0.315 e. The van der Waals surface area contributed by atoms with Crippen LogP contribution < -0.4 is 5.32 Å². The molecule has 2 heterocycles. The summed E-state index contributed by atoms with van der Waals surface area (Å²) in [5, 5.41) is 14.6. The number of aliphatic hydroxyl groups is 1. The maximum absolute atomic E-state index is 11.9. The Bertz CT molecular complexity index is 469. The number of hydrogen-bond acceptors (Lipinski definition) is 7. The minimum atomic E-state index is -0.573. The van der Waals surface area contributed by atoms with Crippen molar-refractivity contribution in [3.63, 3.8) is 0 Å². The third-order valence-electron chi connectivity index (χ3n) is 2.73. The number of aliphatic hydroxyl groups excluding tert-OH is 1. The van der Waals surface area contributed by atoms with E-state index in [0.29, 0.717) is 26.3 Å². The highest BCUT2D eigenvalue weighted by Gasteiger charge is 2.21. The Morgan fingerprint density at radius 2 is 2.10 bits per heavy atom. The molecular formula is C11H16N4O5. The van der Waals surface area contributed by atoms with Crippen molar-refractivity contribution in [1.29, 1.82) is 0 Å². The van der Waals surface area contributed by atoms with Crippen LogP contribution in [0.4, 0.5) is 0 Å². The van der Waals surface area contributed by atoms with Crippen LogP contribution in [-0.2, 0) is 16.0 Å². The predicted octanol–water partition coefficient (Wildman–Crippen LogP) is -1.81. The van der Waals surface area contributed by atoms with Gasteiger partial charge in [0.25, 0.3) is 0 Å². The molecule has 9 heteroatoms. The molecule has 0 atom stereocenters. The van der Waals surface area contributed by atoms with Crippen LogP contribution in [0.25, 0.3) is 0 Å². The molecule has 0 bridgehead atoms. The summed E-state index contributed by atoms with van der Waals surface area (Å²) >= 11 is 0. The number of nitrogens with one attached hydrogen (secondary N) is 1.